The van der Waals surface area contributed by atoms with Gasteiger partial charge in [0.2, 0.25) is 0 Å². The van der Waals surface area contributed by atoms with Crippen LogP contribution in [0.25, 0.3) is 0 Å². The van der Waals surface area contributed by atoms with E-state index < -0.39 is 0 Å². The van der Waals surface area contributed by atoms with Gasteiger partial charge in [0.15, 0.2) is 0 Å². The molecule has 1 saturated carbocycles. The molecule has 1 aliphatic rings. The third kappa shape index (κ3) is 4.50. The van der Waals surface area contributed by atoms with E-state index in [0.717, 1.165) is 17.5 Å². The minimum absolute atomic E-state index is 0.354. The van der Waals surface area contributed by atoms with E-state index in [1.807, 2.05) is 6.92 Å². The van der Waals surface area contributed by atoms with Crippen LogP contribution in [0.4, 0.5) is 0 Å². The van der Waals surface area contributed by atoms with E-state index in [1.54, 1.807) is 0 Å². The van der Waals surface area contributed by atoms with Crippen molar-refractivity contribution in [2.45, 2.75) is 97.1 Å². The van der Waals surface area contributed by atoms with Crippen LogP contribution in [-0.2, 0) is 0 Å². The summed E-state index contributed by atoms with van der Waals surface area (Å²) < 4.78 is 0. The number of hydrogen-bond acceptors (Lipinski definition) is 2. The van der Waals surface area contributed by atoms with Crippen molar-refractivity contribution in [1.29, 1.82) is 0 Å². The van der Waals surface area contributed by atoms with Gasteiger partial charge in [0.1, 0.15) is 5.75 Å². The normalized spacial score (nSPS) is 19.0. The molecular weight excluding hydrogens is 282 g/mol. The number of phenolic OH excluding ortho intramolecular Hbond substituents is 1. The van der Waals surface area contributed by atoms with Crippen molar-refractivity contribution in [2.24, 2.45) is 0 Å². The average molecular weight is 318 g/mol. The Kier molecular flexibility index (Phi) is 6.52. The summed E-state index contributed by atoms with van der Waals surface area (Å²) in [5.74, 6) is 1.30. The lowest BCUT2D eigenvalue weighted by molar-refractivity contribution is 0.311. The summed E-state index contributed by atoms with van der Waals surface area (Å²) >= 11 is 0. The van der Waals surface area contributed by atoms with Crippen LogP contribution in [0.3, 0.4) is 0 Å². The van der Waals surface area contributed by atoms with Crippen molar-refractivity contribution in [3.05, 3.63) is 28.8 Å². The highest BCUT2D eigenvalue weighted by atomic mass is 16.3. The first-order chi connectivity index (χ1) is 10.9. The fourth-order valence-electron chi connectivity index (χ4n) is 3.96. The van der Waals surface area contributed by atoms with Crippen LogP contribution in [0.15, 0.2) is 12.1 Å². The van der Waals surface area contributed by atoms with Crippen LogP contribution < -0.4 is 5.32 Å². The zero-order valence-electron chi connectivity index (χ0n) is 15.7. The molecule has 2 heteroatoms. The fraction of sp³-hybridized carbons (Fsp3) is 0.714. The fourth-order valence-corrected chi connectivity index (χ4v) is 3.96. The second kappa shape index (κ2) is 8.19. The lowest BCUT2D eigenvalue weighted by atomic mass is 9.85. The third-order valence-electron chi connectivity index (χ3n) is 5.60. The summed E-state index contributed by atoms with van der Waals surface area (Å²) in [6.45, 7) is 10.9. The number of aryl methyl sites for hydroxylation is 1. The third-order valence-corrected chi connectivity index (χ3v) is 5.60. The Balaban J connectivity index is 2.17. The van der Waals surface area contributed by atoms with E-state index in [2.05, 4.69) is 45.1 Å². The van der Waals surface area contributed by atoms with Gasteiger partial charge in [0.25, 0.3) is 0 Å². The second-order valence-electron chi connectivity index (χ2n) is 7.74. The average Bonchev–Trinajstić information content (AvgIpc) is 2.55. The first-order valence-electron chi connectivity index (χ1n) is 9.53. The first kappa shape index (κ1) is 18.3. The molecule has 1 aliphatic carbocycles. The molecule has 23 heavy (non-hydrogen) atoms. The highest BCUT2D eigenvalue weighted by Gasteiger charge is 2.23. The van der Waals surface area contributed by atoms with Crippen molar-refractivity contribution in [3.8, 4) is 5.75 Å². The molecular formula is C21H35NO. The summed E-state index contributed by atoms with van der Waals surface area (Å²) in [5, 5.41) is 14.2. The monoisotopic (exact) mass is 317 g/mol. The molecule has 0 aliphatic heterocycles. The minimum Gasteiger partial charge on any atom is -0.507 e. The van der Waals surface area contributed by atoms with Crippen molar-refractivity contribution in [3.63, 3.8) is 0 Å². The molecule has 0 bridgehead atoms. The van der Waals surface area contributed by atoms with Gasteiger partial charge >= 0.3 is 0 Å². The Morgan fingerprint density at radius 2 is 1.78 bits per heavy atom. The maximum atomic E-state index is 10.3. The molecule has 130 valence electrons. The summed E-state index contributed by atoms with van der Waals surface area (Å²) in [6, 6.07) is 5.61. The van der Waals surface area contributed by atoms with Gasteiger partial charge in [-0.2, -0.15) is 0 Å². The molecule has 0 aromatic heterocycles. The number of aromatic hydroxyl groups is 1. The van der Waals surface area contributed by atoms with Gasteiger partial charge in [-0.25, -0.2) is 0 Å². The molecule has 0 radical (unpaired) electrons. The largest absolute Gasteiger partial charge is 0.507 e. The zero-order chi connectivity index (χ0) is 17.0. The van der Waals surface area contributed by atoms with Crippen LogP contribution in [-0.4, -0.2) is 17.2 Å². The molecule has 2 unspecified atom stereocenters. The van der Waals surface area contributed by atoms with Crippen molar-refractivity contribution in [1.82, 2.24) is 5.32 Å². The lowest BCUT2D eigenvalue weighted by Crippen LogP contribution is -2.42. The molecule has 1 aromatic carbocycles. The molecule has 2 atom stereocenters. The summed E-state index contributed by atoms with van der Waals surface area (Å²) in [6.07, 6.45) is 7.95. The second-order valence-corrected chi connectivity index (χ2v) is 7.74. The highest BCUT2D eigenvalue weighted by molar-refractivity contribution is 5.45. The Morgan fingerprint density at radius 3 is 2.35 bits per heavy atom. The Morgan fingerprint density at radius 1 is 1.13 bits per heavy atom. The molecule has 0 saturated heterocycles. The molecule has 2 nitrogen and oxygen atoms in total. The highest BCUT2D eigenvalue weighted by Crippen LogP contribution is 2.34. The van der Waals surface area contributed by atoms with E-state index in [-0.39, 0.29) is 0 Å². The van der Waals surface area contributed by atoms with Crippen LogP contribution in [0.2, 0.25) is 0 Å². The molecule has 2 N–H and O–H groups in total. The van der Waals surface area contributed by atoms with E-state index >= 15 is 0 Å². The summed E-state index contributed by atoms with van der Waals surface area (Å²) in [4.78, 5) is 0. The Labute approximate surface area is 142 Å². The standard InChI is InChI=1S/C21H35NO/c1-6-20(22-18-10-8-7-9-11-18)16(5)17-12-15(4)21(23)19(13-17)14(2)3/h12-14,16,18,20,22-23H,6-11H2,1-5H3. The van der Waals surface area contributed by atoms with Crippen LogP contribution >= 0.6 is 0 Å². The maximum absolute atomic E-state index is 10.3. The maximum Gasteiger partial charge on any atom is 0.121 e. The predicted octanol–water partition coefficient (Wildman–Crippen LogP) is 5.63. The Bertz CT molecular complexity index is 503. The van der Waals surface area contributed by atoms with E-state index in [0.29, 0.717) is 29.7 Å². The quantitative estimate of drug-likeness (QED) is 0.713. The summed E-state index contributed by atoms with van der Waals surface area (Å²) in [5.41, 5.74) is 3.45. The van der Waals surface area contributed by atoms with E-state index in [1.165, 1.54) is 37.7 Å². The number of rotatable bonds is 6. The lowest BCUT2D eigenvalue weighted by Gasteiger charge is -2.32. The van der Waals surface area contributed by atoms with Crippen LogP contribution in [0.5, 0.6) is 5.75 Å². The van der Waals surface area contributed by atoms with Gasteiger partial charge in [-0.05, 0) is 54.7 Å². The molecule has 1 aromatic rings. The predicted molar refractivity (Wildman–Crippen MR) is 99.4 cm³/mol. The molecule has 1 fully saturated rings. The number of nitrogens with one attached hydrogen (secondary N) is 1. The van der Waals surface area contributed by atoms with Crippen LogP contribution in [0.1, 0.15) is 94.7 Å². The molecule has 0 amide bonds. The first-order valence-corrected chi connectivity index (χ1v) is 9.53. The minimum atomic E-state index is 0.354. The van der Waals surface area contributed by atoms with Crippen molar-refractivity contribution in [2.75, 3.05) is 0 Å². The Hall–Kier alpha value is -1.02. The van der Waals surface area contributed by atoms with Crippen LogP contribution in [0, 0.1) is 6.92 Å². The molecule has 0 spiro atoms. The molecule has 0 heterocycles. The van der Waals surface area contributed by atoms with E-state index in [9.17, 15) is 5.11 Å². The van der Waals surface area contributed by atoms with Crippen molar-refractivity contribution < 1.29 is 5.11 Å². The van der Waals surface area contributed by atoms with Gasteiger partial charge in [-0.1, -0.05) is 59.1 Å². The van der Waals surface area contributed by atoms with Gasteiger partial charge in [0.05, 0.1) is 0 Å². The molecule has 2 rings (SSSR count). The summed E-state index contributed by atoms with van der Waals surface area (Å²) in [7, 11) is 0. The number of hydrogen-bond donors (Lipinski definition) is 2. The number of benzene rings is 1. The van der Waals surface area contributed by atoms with Gasteiger partial charge in [-0.15, -0.1) is 0 Å². The van der Waals surface area contributed by atoms with Gasteiger partial charge < -0.3 is 10.4 Å². The van der Waals surface area contributed by atoms with Gasteiger partial charge in [-0.3, -0.25) is 0 Å². The van der Waals surface area contributed by atoms with Crippen molar-refractivity contribution >= 4 is 0 Å². The SMILES string of the molecule is CCC(NC1CCCCC1)C(C)c1cc(C)c(O)c(C(C)C)c1. The van der Waals surface area contributed by atoms with E-state index in [4.69, 9.17) is 0 Å². The number of phenols is 1. The zero-order valence-corrected chi connectivity index (χ0v) is 15.7. The topological polar surface area (TPSA) is 32.3 Å². The van der Waals surface area contributed by atoms with Gasteiger partial charge in [0, 0.05) is 12.1 Å². The smallest absolute Gasteiger partial charge is 0.121 e.